The van der Waals surface area contributed by atoms with Crippen molar-refractivity contribution in [3.05, 3.63) is 46.7 Å². The molecule has 0 aliphatic rings. The maximum atomic E-state index is 8.55. The number of hydrogen-bond acceptors (Lipinski definition) is 2. The number of nitriles is 1. The Morgan fingerprint density at radius 3 is 2.82 bits per heavy atom. The summed E-state index contributed by atoms with van der Waals surface area (Å²) in [7, 11) is 0. The number of rotatable bonds is 2. The van der Waals surface area contributed by atoms with Gasteiger partial charge in [0.2, 0.25) is 0 Å². The predicted octanol–water partition coefficient (Wildman–Crippen LogP) is 3.73. The summed E-state index contributed by atoms with van der Waals surface area (Å²) in [6.45, 7) is 4.00. The number of aromatic nitrogens is 2. The first kappa shape index (κ1) is 13.5. The van der Waals surface area contributed by atoms with E-state index in [1.165, 1.54) is 0 Å². The highest BCUT2D eigenvalue weighted by molar-refractivity contribution is 9.10. The SMILES string of the molecule is CC.N#CCc1cnn(-c2cccc(Br)c2)c1. The quantitative estimate of drug-likeness (QED) is 0.846. The largest absolute Gasteiger partial charge is 0.241 e. The molecule has 88 valence electrons. The lowest BCUT2D eigenvalue weighted by molar-refractivity contribution is 0.879. The molecule has 0 aliphatic heterocycles. The van der Waals surface area contributed by atoms with Crippen LogP contribution in [0.3, 0.4) is 0 Å². The van der Waals surface area contributed by atoms with E-state index in [9.17, 15) is 0 Å². The fourth-order valence-corrected chi connectivity index (χ4v) is 1.69. The van der Waals surface area contributed by atoms with E-state index < -0.39 is 0 Å². The van der Waals surface area contributed by atoms with Crippen molar-refractivity contribution in [3.8, 4) is 11.8 Å². The lowest BCUT2D eigenvalue weighted by atomic mass is 10.3. The minimum atomic E-state index is 0.397. The standard InChI is InChI=1S/C11H8BrN3.C2H6/c12-10-2-1-3-11(6-10)15-8-9(4-5-13)7-14-15;1-2/h1-3,6-8H,4H2;1-2H3. The molecule has 0 saturated carbocycles. The smallest absolute Gasteiger partial charge is 0.0670 e. The molecular weight excluding hydrogens is 278 g/mol. The number of benzene rings is 1. The topological polar surface area (TPSA) is 41.6 Å². The van der Waals surface area contributed by atoms with E-state index in [1.54, 1.807) is 10.9 Å². The van der Waals surface area contributed by atoms with Crippen LogP contribution in [-0.2, 0) is 6.42 Å². The molecule has 17 heavy (non-hydrogen) atoms. The summed E-state index contributed by atoms with van der Waals surface area (Å²) in [6, 6.07) is 9.95. The second-order valence-corrected chi connectivity index (χ2v) is 4.02. The van der Waals surface area contributed by atoms with Crippen LogP contribution >= 0.6 is 15.9 Å². The van der Waals surface area contributed by atoms with Crippen LogP contribution in [0.5, 0.6) is 0 Å². The van der Waals surface area contributed by atoms with Crippen LogP contribution in [0.25, 0.3) is 5.69 Å². The number of nitrogens with zero attached hydrogens (tertiary/aromatic N) is 3. The van der Waals surface area contributed by atoms with Crippen LogP contribution < -0.4 is 0 Å². The second kappa shape index (κ2) is 6.87. The van der Waals surface area contributed by atoms with E-state index in [0.29, 0.717) is 6.42 Å². The van der Waals surface area contributed by atoms with E-state index in [4.69, 9.17) is 5.26 Å². The monoisotopic (exact) mass is 291 g/mol. The number of hydrogen-bond donors (Lipinski definition) is 0. The van der Waals surface area contributed by atoms with E-state index in [-0.39, 0.29) is 0 Å². The Morgan fingerprint density at radius 2 is 2.18 bits per heavy atom. The maximum Gasteiger partial charge on any atom is 0.0670 e. The fraction of sp³-hybridized carbons (Fsp3) is 0.231. The fourth-order valence-electron chi connectivity index (χ4n) is 1.30. The van der Waals surface area contributed by atoms with Crippen molar-refractivity contribution >= 4 is 15.9 Å². The lowest BCUT2D eigenvalue weighted by Gasteiger charge is -2.00. The summed E-state index contributed by atoms with van der Waals surface area (Å²) in [6.07, 6.45) is 3.98. The van der Waals surface area contributed by atoms with Gasteiger partial charge in [-0.15, -0.1) is 0 Å². The molecule has 0 N–H and O–H groups in total. The van der Waals surface area contributed by atoms with Crippen molar-refractivity contribution in [1.82, 2.24) is 9.78 Å². The Balaban J connectivity index is 0.000000686. The molecule has 1 aromatic carbocycles. The summed E-state index contributed by atoms with van der Waals surface area (Å²) in [5.41, 5.74) is 1.91. The van der Waals surface area contributed by atoms with Crippen LogP contribution in [0.4, 0.5) is 0 Å². The van der Waals surface area contributed by atoms with Gasteiger partial charge in [0.1, 0.15) is 0 Å². The van der Waals surface area contributed by atoms with Gasteiger partial charge in [0, 0.05) is 16.2 Å². The van der Waals surface area contributed by atoms with Gasteiger partial charge in [-0.2, -0.15) is 10.4 Å². The molecule has 0 aliphatic carbocycles. The second-order valence-electron chi connectivity index (χ2n) is 3.11. The molecule has 0 unspecified atom stereocenters. The highest BCUT2D eigenvalue weighted by Gasteiger charge is 2.00. The third kappa shape index (κ3) is 3.72. The van der Waals surface area contributed by atoms with Crippen molar-refractivity contribution in [2.24, 2.45) is 0 Å². The van der Waals surface area contributed by atoms with Gasteiger partial charge in [-0.05, 0) is 18.2 Å². The molecule has 0 fully saturated rings. The first-order valence-electron chi connectivity index (χ1n) is 5.46. The predicted molar refractivity (Wildman–Crippen MR) is 71.9 cm³/mol. The summed E-state index contributed by atoms with van der Waals surface area (Å²) < 4.78 is 2.77. The van der Waals surface area contributed by atoms with Gasteiger partial charge in [-0.25, -0.2) is 4.68 Å². The first-order valence-corrected chi connectivity index (χ1v) is 6.25. The van der Waals surface area contributed by atoms with Crippen molar-refractivity contribution < 1.29 is 0 Å². The zero-order valence-electron chi connectivity index (χ0n) is 9.89. The number of halogens is 1. The third-order valence-electron chi connectivity index (χ3n) is 1.99. The molecular formula is C13H14BrN3. The highest BCUT2D eigenvalue weighted by atomic mass is 79.9. The van der Waals surface area contributed by atoms with Crippen LogP contribution in [0, 0.1) is 11.3 Å². The Hall–Kier alpha value is -1.60. The molecule has 1 heterocycles. The minimum Gasteiger partial charge on any atom is -0.241 e. The van der Waals surface area contributed by atoms with Crippen molar-refractivity contribution in [2.75, 3.05) is 0 Å². The summed E-state index contributed by atoms with van der Waals surface area (Å²) in [5, 5.41) is 12.7. The lowest BCUT2D eigenvalue weighted by Crippen LogP contribution is -1.93. The van der Waals surface area contributed by atoms with E-state index in [1.807, 2.05) is 44.3 Å². The van der Waals surface area contributed by atoms with Gasteiger partial charge in [0.05, 0.1) is 24.4 Å². The molecule has 2 aromatic rings. The summed E-state index contributed by atoms with van der Waals surface area (Å²) in [5.74, 6) is 0. The van der Waals surface area contributed by atoms with E-state index in [0.717, 1.165) is 15.7 Å². The van der Waals surface area contributed by atoms with Crippen LogP contribution in [0.1, 0.15) is 19.4 Å². The van der Waals surface area contributed by atoms with Gasteiger partial charge in [-0.3, -0.25) is 0 Å². The minimum absolute atomic E-state index is 0.397. The molecule has 0 bridgehead atoms. The van der Waals surface area contributed by atoms with Gasteiger partial charge in [0.25, 0.3) is 0 Å². The zero-order chi connectivity index (χ0) is 12.7. The molecule has 0 saturated heterocycles. The van der Waals surface area contributed by atoms with Gasteiger partial charge in [-0.1, -0.05) is 35.8 Å². The van der Waals surface area contributed by atoms with Crippen LogP contribution in [0.15, 0.2) is 41.1 Å². The maximum absolute atomic E-state index is 8.55. The Labute approximate surface area is 110 Å². The van der Waals surface area contributed by atoms with E-state index in [2.05, 4.69) is 27.1 Å². The van der Waals surface area contributed by atoms with Crippen molar-refractivity contribution in [2.45, 2.75) is 20.3 Å². The average Bonchev–Trinajstić information content (AvgIpc) is 2.81. The van der Waals surface area contributed by atoms with Gasteiger partial charge < -0.3 is 0 Å². The van der Waals surface area contributed by atoms with Gasteiger partial charge in [0.15, 0.2) is 0 Å². The Kier molecular flexibility index (Phi) is 5.44. The molecule has 2 rings (SSSR count). The molecule has 0 atom stereocenters. The molecule has 0 radical (unpaired) electrons. The van der Waals surface area contributed by atoms with Crippen molar-refractivity contribution in [3.63, 3.8) is 0 Å². The molecule has 1 aromatic heterocycles. The molecule has 4 heteroatoms. The molecule has 3 nitrogen and oxygen atoms in total. The Morgan fingerprint density at radius 1 is 1.41 bits per heavy atom. The van der Waals surface area contributed by atoms with Crippen LogP contribution in [-0.4, -0.2) is 9.78 Å². The third-order valence-corrected chi connectivity index (χ3v) is 2.49. The zero-order valence-corrected chi connectivity index (χ0v) is 11.5. The van der Waals surface area contributed by atoms with E-state index >= 15 is 0 Å². The normalized spacial score (nSPS) is 9.06. The molecule has 0 spiro atoms. The first-order chi connectivity index (χ1) is 8.29. The van der Waals surface area contributed by atoms with Crippen molar-refractivity contribution in [1.29, 1.82) is 5.26 Å². The Bertz CT molecular complexity index is 511. The molecule has 0 amide bonds. The summed E-state index contributed by atoms with van der Waals surface area (Å²) in [4.78, 5) is 0. The van der Waals surface area contributed by atoms with Crippen LogP contribution in [0.2, 0.25) is 0 Å². The summed E-state index contributed by atoms with van der Waals surface area (Å²) >= 11 is 3.40. The average molecular weight is 292 g/mol. The van der Waals surface area contributed by atoms with Gasteiger partial charge >= 0.3 is 0 Å². The highest BCUT2D eigenvalue weighted by Crippen LogP contribution is 2.15.